The van der Waals surface area contributed by atoms with Crippen LogP contribution in [0, 0.1) is 19.8 Å². The molecule has 6 heteroatoms. The molecule has 3 heterocycles. The number of aryl methyl sites for hydroxylation is 2. The number of amides is 1. The number of rotatable bonds is 6. The molecular formula is C20H28N4O2. The van der Waals surface area contributed by atoms with Crippen molar-refractivity contribution in [3.8, 4) is 5.69 Å². The van der Waals surface area contributed by atoms with Crippen LogP contribution in [0.1, 0.15) is 24.2 Å². The van der Waals surface area contributed by atoms with Gasteiger partial charge in [0.2, 0.25) is 5.91 Å². The van der Waals surface area contributed by atoms with Crippen LogP contribution in [-0.2, 0) is 9.53 Å². The number of hydrogen-bond acceptors (Lipinski definition) is 4. The quantitative estimate of drug-likeness (QED) is 0.808. The van der Waals surface area contributed by atoms with Crippen molar-refractivity contribution < 1.29 is 9.53 Å². The van der Waals surface area contributed by atoms with Crippen LogP contribution in [0.15, 0.2) is 30.5 Å². The van der Waals surface area contributed by atoms with Gasteiger partial charge in [0.15, 0.2) is 5.82 Å². The number of pyridine rings is 1. The average molecular weight is 356 g/mol. The summed E-state index contributed by atoms with van der Waals surface area (Å²) < 4.78 is 7.23. The van der Waals surface area contributed by atoms with Crippen molar-refractivity contribution in [3.05, 3.63) is 41.9 Å². The monoisotopic (exact) mass is 356 g/mol. The van der Waals surface area contributed by atoms with E-state index in [9.17, 15) is 4.79 Å². The number of nitrogens with zero attached hydrogens (tertiary/aromatic N) is 3. The van der Waals surface area contributed by atoms with E-state index in [0.717, 1.165) is 37.4 Å². The SMILES string of the molecule is COCCNC(=O)C1CCN(c2ncccc2-n2c(C)ccc2C)CC1. The van der Waals surface area contributed by atoms with Crippen LogP contribution in [0.25, 0.3) is 5.69 Å². The van der Waals surface area contributed by atoms with E-state index in [0.29, 0.717) is 13.2 Å². The molecule has 0 spiro atoms. The van der Waals surface area contributed by atoms with Gasteiger partial charge < -0.3 is 19.5 Å². The number of methoxy groups -OCH3 is 1. The van der Waals surface area contributed by atoms with Crippen molar-refractivity contribution in [2.24, 2.45) is 5.92 Å². The lowest BCUT2D eigenvalue weighted by atomic mass is 9.96. The Morgan fingerprint density at radius 1 is 1.23 bits per heavy atom. The molecule has 0 bridgehead atoms. The summed E-state index contributed by atoms with van der Waals surface area (Å²) in [4.78, 5) is 19.2. The van der Waals surface area contributed by atoms with Crippen molar-refractivity contribution in [2.75, 3.05) is 38.3 Å². The zero-order valence-corrected chi connectivity index (χ0v) is 15.9. The topological polar surface area (TPSA) is 59.4 Å². The van der Waals surface area contributed by atoms with E-state index in [4.69, 9.17) is 4.74 Å². The molecule has 1 saturated heterocycles. The molecule has 0 atom stereocenters. The lowest BCUT2D eigenvalue weighted by Gasteiger charge is -2.33. The van der Waals surface area contributed by atoms with Gasteiger partial charge in [-0.25, -0.2) is 4.98 Å². The zero-order chi connectivity index (χ0) is 18.5. The van der Waals surface area contributed by atoms with Crippen molar-refractivity contribution in [2.45, 2.75) is 26.7 Å². The van der Waals surface area contributed by atoms with Crippen molar-refractivity contribution in [1.82, 2.24) is 14.9 Å². The van der Waals surface area contributed by atoms with Gasteiger partial charge in [0.25, 0.3) is 0 Å². The summed E-state index contributed by atoms with van der Waals surface area (Å²) in [5.41, 5.74) is 3.50. The number of aromatic nitrogens is 2. The number of hydrogen-bond donors (Lipinski definition) is 1. The van der Waals surface area contributed by atoms with Crippen LogP contribution in [-0.4, -0.2) is 48.8 Å². The third-order valence-electron chi connectivity index (χ3n) is 5.05. The number of piperidine rings is 1. The summed E-state index contributed by atoms with van der Waals surface area (Å²) in [6.45, 7) is 7.03. The zero-order valence-electron chi connectivity index (χ0n) is 15.9. The number of carbonyl (C=O) groups excluding carboxylic acids is 1. The van der Waals surface area contributed by atoms with Gasteiger partial charge in [-0.05, 0) is 51.0 Å². The van der Waals surface area contributed by atoms with Crippen LogP contribution >= 0.6 is 0 Å². The van der Waals surface area contributed by atoms with E-state index >= 15 is 0 Å². The molecule has 0 radical (unpaired) electrons. The minimum Gasteiger partial charge on any atom is -0.383 e. The Morgan fingerprint density at radius 3 is 2.58 bits per heavy atom. The third kappa shape index (κ3) is 3.90. The molecule has 0 aromatic carbocycles. The second-order valence-corrected chi connectivity index (χ2v) is 6.84. The highest BCUT2D eigenvalue weighted by molar-refractivity contribution is 5.79. The Labute approximate surface area is 155 Å². The number of nitrogens with one attached hydrogen (secondary N) is 1. The van der Waals surface area contributed by atoms with Crippen LogP contribution in [0.4, 0.5) is 5.82 Å². The fraction of sp³-hybridized carbons (Fsp3) is 0.500. The highest BCUT2D eigenvalue weighted by atomic mass is 16.5. The van der Waals surface area contributed by atoms with Crippen LogP contribution in [0.3, 0.4) is 0 Å². The molecule has 0 aliphatic carbocycles. The highest BCUT2D eigenvalue weighted by Gasteiger charge is 2.27. The van der Waals surface area contributed by atoms with E-state index in [2.05, 4.69) is 51.8 Å². The summed E-state index contributed by atoms with van der Waals surface area (Å²) >= 11 is 0. The number of anilines is 1. The van der Waals surface area contributed by atoms with Gasteiger partial charge in [0.05, 0.1) is 12.3 Å². The van der Waals surface area contributed by atoms with Crippen LogP contribution in [0.2, 0.25) is 0 Å². The molecule has 0 unspecified atom stereocenters. The Balaban J connectivity index is 1.70. The number of carbonyl (C=O) groups is 1. The maximum absolute atomic E-state index is 12.3. The van der Waals surface area contributed by atoms with Gasteiger partial charge in [-0.15, -0.1) is 0 Å². The fourth-order valence-electron chi connectivity index (χ4n) is 3.63. The predicted octanol–water partition coefficient (Wildman–Crippen LogP) is 2.47. The average Bonchev–Trinajstić information content (AvgIpc) is 3.00. The summed E-state index contributed by atoms with van der Waals surface area (Å²) in [6.07, 6.45) is 3.54. The molecule has 140 valence electrons. The molecule has 0 saturated carbocycles. The molecule has 26 heavy (non-hydrogen) atoms. The van der Waals surface area contributed by atoms with Gasteiger partial charge >= 0.3 is 0 Å². The Kier molecular flexibility index (Phi) is 5.93. The first-order chi connectivity index (χ1) is 12.6. The van der Waals surface area contributed by atoms with Gasteiger partial charge in [-0.2, -0.15) is 0 Å². The minimum absolute atomic E-state index is 0.0744. The molecule has 6 nitrogen and oxygen atoms in total. The number of ether oxygens (including phenoxy) is 1. The first kappa shape index (κ1) is 18.5. The van der Waals surface area contributed by atoms with Crippen molar-refractivity contribution >= 4 is 11.7 Å². The van der Waals surface area contributed by atoms with Gasteiger partial charge in [0, 0.05) is 50.2 Å². The van der Waals surface area contributed by atoms with Crippen molar-refractivity contribution in [3.63, 3.8) is 0 Å². The van der Waals surface area contributed by atoms with Gasteiger partial charge in [-0.1, -0.05) is 0 Å². The molecule has 1 amide bonds. The van der Waals surface area contributed by atoms with E-state index in [1.54, 1.807) is 7.11 Å². The maximum Gasteiger partial charge on any atom is 0.223 e. The summed E-state index contributed by atoms with van der Waals surface area (Å²) in [5, 5.41) is 2.95. The molecule has 1 N–H and O–H groups in total. The maximum atomic E-state index is 12.3. The molecule has 2 aromatic heterocycles. The first-order valence-corrected chi connectivity index (χ1v) is 9.23. The molecule has 2 aromatic rings. The van der Waals surface area contributed by atoms with Crippen LogP contribution in [0.5, 0.6) is 0 Å². The van der Waals surface area contributed by atoms with E-state index in [1.165, 1.54) is 11.4 Å². The lowest BCUT2D eigenvalue weighted by molar-refractivity contribution is -0.125. The summed E-state index contributed by atoms with van der Waals surface area (Å²) in [5.74, 6) is 1.21. The molecular weight excluding hydrogens is 328 g/mol. The van der Waals surface area contributed by atoms with Crippen molar-refractivity contribution in [1.29, 1.82) is 0 Å². The summed E-state index contributed by atoms with van der Waals surface area (Å²) in [7, 11) is 1.64. The Hall–Kier alpha value is -2.34. The van der Waals surface area contributed by atoms with E-state index in [1.807, 2.05) is 12.3 Å². The Morgan fingerprint density at radius 2 is 1.92 bits per heavy atom. The van der Waals surface area contributed by atoms with E-state index < -0.39 is 0 Å². The van der Waals surface area contributed by atoms with Gasteiger partial charge in [-0.3, -0.25) is 4.79 Å². The highest BCUT2D eigenvalue weighted by Crippen LogP contribution is 2.29. The van der Waals surface area contributed by atoms with Crippen LogP contribution < -0.4 is 10.2 Å². The smallest absolute Gasteiger partial charge is 0.223 e. The standard InChI is InChI=1S/C20H28N4O2/c1-15-6-7-16(2)24(15)18-5-4-10-21-19(18)23-12-8-17(9-13-23)20(25)22-11-14-26-3/h4-7,10,17H,8-9,11-14H2,1-3H3,(H,22,25). The van der Waals surface area contributed by atoms with E-state index in [-0.39, 0.29) is 11.8 Å². The fourth-order valence-corrected chi connectivity index (χ4v) is 3.63. The minimum atomic E-state index is 0.0744. The second kappa shape index (κ2) is 8.36. The molecule has 1 fully saturated rings. The molecule has 1 aliphatic rings. The summed E-state index contributed by atoms with van der Waals surface area (Å²) in [6, 6.07) is 8.35. The Bertz CT molecular complexity index is 729. The first-order valence-electron chi connectivity index (χ1n) is 9.23. The van der Waals surface area contributed by atoms with Gasteiger partial charge in [0.1, 0.15) is 0 Å². The predicted molar refractivity (Wildman–Crippen MR) is 103 cm³/mol. The second-order valence-electron chi connectivity index (χ2n) is 6.84. The largest absolute Gasteiger partial charge is 0.383 e. The molecule has 3 rings (SSSR count). The third-order valence-corrected chi connectivity index (χ3v) is 5.05. The lowest BCUT2D eigenvalue weighted by Crippen LogP contribution is -2.41. The normalized spacial score (nSPS) is 15.3. The molecule has 1 aliphatic heterocycles.